The topological polar surface area (TPSA) is 59.0 Å². The molecule has 5 nitrogen and oxygen atoms in total. The van der Waals surface area contributed by atoms with Gasteiger partial charge in [0.25, 0.3) is 5.91 Å². The maximum atomic E-state index is 12.0. The number of carbonyl (C=O) groups excluding carboxylic acids is 1. The number of amides is 1. The second-order valence-corrected chi connectivity index (χ2v) is 5.57. The van der Waals surface area contributed by atoms with Crippen molar-refractivity contribution >= 4 is 5.91 Å². The predicted octanol–water partition coefficient (Wildman–Crippen LogP) is 1.06. The van der Waals surface area contributed by atoms with Crippen molar-refractivity contribution in [3.63, 3.8) is 0 Å². The van der Waals surface area contributed by atoms with Crippen LogP contribution in [0.2, 0.25) is 0 Å². The molecule has 3 rings (SSSR count). The van der Waals surface area contributed by atoms with Gasteiger partial charge in [-0.3, -0.25) is 4.79 Å². The summed E-state index contributed by atoms with van der Waals surface area (Å²) < 4.78 is 10.7. The molecule has 1 saturated heterocycles. The molecule has 0 unspecified atom stereocenters. The highest BCUT2D eigenvalue weighted by Crippen LogP contribution is 2.44. The molecule has 0 atom stereocenters. The summed E-state index contributed by atoms with van der Waals surface area (Å²) in [5.74, 6) is 1.46. The Balaban J connectivity index is 1.50. The number of rotatable bonds is 5. The first kappa shape index (κ1) is 13.2. The van der Waals surface area contributed by atoms with Gasteiger partial charge in [0, 0.05) is 0 Å². The standard InChI is InChI=1S/C15H19NO4/c1-19-12-4-2-3-5-13(12)20-8-14(17)16-9-15(18,10-16)11-6-7-11/h2-5,11,18H,6-10H2,1H3. The van der Waals surface area contributed by atoms with Crippen LogP contribution in [-0.2, 0) is 4.79 Å². The summed E-state index contributed by atoms with van der Waals surface area (Å²) >= 11 is 0. The molecule has 1 saturated carbocycles. The molecule has 1 aromatic rings. The quantitative estimate of drug-likeness (QED) is 0.874. The molecule has 108 valence electrons. The number of hydrogen-bond donors (Lipinski definition) is 1. The van der Waals surface area contributed by atoms with Crippen molar-refractivity contribution in [1.82, 2.24) is 4.90 Å². The van der Waals surface area contributed by atoms with Gasteiger partial charge < -0.3 is 19.5 Å². The second kappa shape index (κ2) is 4.98. The summed E-state index contributed by atoms with van der Waals surface area (Å²) in [4.78, 5) is 13.6. The third-order valence-corrected chi connectivity index (χ3v) is 4.04. The molecule has 20 heavy (non-hydrogen) atoms. The highest BCUT2D eigenvalue weighted by molar-refractivity contribution is 5.79. The van der Waals surface area contributed by atoms with Crippen LogP contribution < -0.4 is 9.47 Å². The Labute approximate surface area is 118 Å². The summed E-state index contributed by atoms with van der Waals surface area (Å²) in [5, 5.41) is 10.2. The number of benzene rings is 1. The third-order valence-electron chi connectivity index (χ3n) is 4.04. The third kappa shape index (κ3) is 2.45. The summed E-state index contributed by atoms with van der Waals surface area (Å²) in [6.07, 6.45) is 2.16. The van der Waals surface area contributed by atoms with E-state index in [1.54, 1.807) is 24.1 Å². The Hall–Kier alpha value is -1.75. The Morgan fingerprint density at radius 1 is 1.35 bits per heavy atom. The number of ether oxygens (including phenoxy) is 2. The van der Waals surface area contributed by atoms with E-state index in [1.165, 1.54) is 0 Å². The van der Waals surface area contributed by atoms with Crippen LogP contribution in [0.25, 0.3) is 0 Å². The molecule has 1 N–H and O–H groups in total. The Morgan fingerprint density at radius 2 is 2.00 bits per heavy atom. The predicted molar refractivity (Wildman–Crippen MR) is 72.7 cm³/mol. The fraction of sp³-hybridized carbons (Fsp3) is 0.533. The first-order valence-electron chi connectivity index (χ1n) is 6.88. The minimum Gasteiger partial charge on any atom is -0.493 e. The number of para-hydroxylation sites is 2. The molecule has 0 aromatic heterocycles. The molecule has 0 radical (unpaired) electrons. The van der Waals surface area contributed by atoms with Gasteiger partial charge in [-0.1, -0.05) is 12.1 Å². The lowest BCUT2D eigenvalue weighted by Crippen LogP contribution is -2.65. The van der Waals surface area contributed by atoms with E-state index in [-0.39, 0.29) is 12.5 Å². The fourth-order valence-corrected chi connectivity index (χ4v) is 2.64. The first-order valence-corrected chi connectivity index (χ1v) is 6.88. The van der Waals surface area contributed by atoms with Gasteiger partial charge >= 0.3 is 0 Å². The zero-order chi connectivity index (χ0) is 14.2. The van der Waals surface area contributed by atoms with Crippen LogP contribution in [0.15, 0.2) is 24.3 Å². The van der Waals surface area contributed by atoms with Crippen molar-refractivity contribution in [1.29, 1.82) is 0 Å². The number of β-amino-alcohol motifs (C(OH)–C–C–N with tert-alkyl or cyclic N) is 1. The Morgan fingerprint density at radius 3 is 2.60 bits per heavy atom. The van der Waals surface area contributed by atoms with Crippen LogP contribution in [0.5, 0.6) is 11.5 Å². The smallest absolute Gasteiger partial charge is 0.260 e. The Kier molecular flexibility index (Phi) is 3.30. The lowest BCUT2D eigenvalue weighted by Gasteiger charge is -2.46. The van der Waals surface area contributed by atoms with Crippen molar-refractivity contribution < 1.29 is 19.4 Å². The van der Waals surface area contributed by atoms with Gasteiger partial charge in [-0.15, -0.1) is 0 Å². The lowest BCUT2D eigenvalue weighted by molar-refractivity contribution is -0.161. The molecule has 1 heterocycles. The maximum Gasteiger partial charge on any atom is 0.260 e. The molecule has 2 aliphatic rings. The summed E-state index contributed by atoms with van der Waals surface area (Å²) in [5.41, 5.74) is -0.639. The molecule has 2 fully saturated rings. The second-order valence-electron chi connectivity index (χ2n) is 5.57. The van der Waals surface area contributed by atoms with E-state index in [0.29, 0.717) is 30.5 Å². The van der Waals surface area contributed by atoms with Crippen molar-refractivity contribution in [3.8, 4) is 11.5 Å². The van der Waals surface area contributed by atoms with Crippen LogP contribution in [-0.4, -0.2) is 48.3 Å². The van der Waals surface area contributed by atoms with Gasteiger partial charge in [0.15, 0.2) is 18.1 Å². The van der Waals surface area contributed by atoms with E-state index in [4.69, 9.17) is 9.47 Å². The van der Waals surface area contributed by atoms with Crippen LogP contribution in [0.3, 0.4) is 0 Å². The number of carbonyl (C=O) groups is 1. The van der Waals surface area contributed by atoms with Gasteiger partial charge in [-0.25, -0.2) is 0 Å². The largest absolute Gasteiger partial charge is 0.493 e. The van der Waals surface area contributed by atoms with Crippen molar-refractivity contribution in [2.75, 3.05) is 26.8 Å². The maximum absolute atomic E-state index is 12.0. The minimum atomic E-state index is -0.639. The minimum absolute atomic E-state index is 0.0267. The zero-order valence-electron chi connectivity index (χ0n) is 11.5. The van der Waals surface area contributed by atoms with Gasteiger partial charge in [-0.05, 0) is 30.9 Å². The Bertz CT molecular complexity index is 506. The molecular formula is C15H19NO4. The molecule has 1 amide bonds. The SMILES string of the molecule is COc1ccccc1OCC(=O)N1CC(O)(C2CC2)C1. The van der Waals surface area contributed by atoms with Crippen molar-refractivity contribution in [2.24, 2.45) is 5.92 Å². The van der Waals surface area contributed by atoms with Gasteiger partial charge in [0.05, 0.1) is 20.2 Å². The van der Waals surface area contributed by atoms with E-state index in [2.05, 4.69) is 0 Å². The summed E-state index contributed by atoms with van der Waals surface area (Å²) in [7, 11) is 1.56. The molecule has 0 spiro atoms. The molecule has 0 bridgehead atoms. The zero-order valence-corrected chi connectivity index (χ0v) is 11.5. The fourth-order valence-electron chi connectivity index (χ4n) is 2.64. The van der Waals surface area contributed by atoms with E-state index < -0.39 is 5.60 Å². The van der Waals surface area contributed by atoms with Gasteiger partial charge in [0.2, 0.25) is 0 Å². The normalized spacial score (nSPS) is 20.2. The van der Waals surface area contributed by atoms with Gasteiger partial charge in [0.1, 0.15) is 5.60 Å². The molecule has 1 aromatic carbocycles. The average molecular weight is 277 g/mol. The van der Waals surface area contributed by atoms with Gasteiger partial charge in [-0.2, -0.15) is 0 Å². The number of hydrogen-bond acceptors (Lipinski definition) is 4. The van der Waals surface area contributed by atoms with E-state index in [0.717, 1.165) is 12.8 Å². The van der Waals surface area contributed by atoms with Crippen LogP contribution in [0.1, 0.15) is 12.8 Å². The van der Waals surface area contributed by atoms with E-state index in [1.807, 2.05) is 12.1 Å². The van der Waals surface area contributed by atoms with Crippen LogP contribution in [0, 0.1) is 5.92 Å². The lowest BCUT2D eigenvalue weighted by atomic mass is 9.89. The molecule has 1 aliphatic heterocycles. The van der Waals surface area contributed by atoms with E-state index in [9.17, 15) is 9.90 Å². The van der Waals surface area contributed by atoms with E-state index >= 15 is 0 Å². The molecule has 5 heteroatoms. The summed E-state index contributed by atoms with van der Waals surface area (Å²) in [6, 6.07) is 7.23. The van der Waals surface area contributed by atoms with Crippen molar-refractivity contribution in [3.05, 3.63) is 24.3 Å². The number of methoxy groups -OCH3 is 1. The monoisotopic (exact) mass is 277 g/mol. The van der Waals surface area contributed by atoms with Crippen LogP contribution >= 0.6 is 0 Å². The highest BCUT2D eigenvalue weighted by atomic mass is 16.5. The van der Waals surface area contributed by atoms with Crippen LogP contribution in [0.4, 0.5) is 0 Å². The molecule has 1 aliphatic carbocycles. The van der Waals surface area contributed by atoms with Crippen molar-refractivity contribution in [2.45, 2.75) is 18.4 Å². The summed E-state index contributed by atoms with van der Waals surface area (Å²) in [6.45, 7) is 0.846. The number of likely N-dealkylation sites (tertiary alicyclic amines) is 1. The first-order chi connectivity index (χ1) is 9.62. The number of aliphatic hydroxyl groups is 1. The highest BCUT2D eigenvalue weighted by Gasteiger charge is 2.53. The molecular weight excluding hydrogens is 258 g/mol. The average Bonchev–Trinajstić information content (AvgIpc) is 3.26. The number of nitrogens with zero attached hydrogens (tertiary/aromatic N) is 1.